The minimum absolute atomic E-state index is 0.0778. The van der Waals surface area contributed by atoms with Crippen LogP contribution < -0.4 is 0 Å². The molecule has 0 amide bonds. The van der Waals surface area contributed by atoms with Crippen molar-refractivity contribution in [2.45, 2.75) is 18.8 Å². The molecule has 0 atom stereocenters. The molecular weight excluding hydrogens is 220 g/mol. The molecule has 0 saturated heterocycles. The van der Waals surface area contributed by atoms with Gasteiger partial charge in [0.2, 0.25) is 0 Å². The van der Waals surface area contributed by atoms with Crippen LogP contribution in [0, 0.1) is 0 Å². The minimum Gasteiger partial charge on any atom is -0.476 e. The van der Waals surface area contributed by atoms with E-state index in [1.165, 1.54) is 25.2 Å². The molecule has 6 heteroatoms. The van der Waals surface area contributed by atoms with Crippen LogP contribution in [0.5, 0.6) is 0 Å². The first-order valence-corrected chi connectivity index (χ1v) is 5.35. The Kier molecular flexibility index (Phi) is 2.14. The second-order valence-electron chi connectivity index (χ2n) is 4.03. The van der Waals surface area contributed by atoms with E-state index in [4.69, 9.17) is 5.11 Å². The average molecular weight is 230 g/mol. The van der Waals surface area contributed by atoms with E-state index in [-0.39, 0.29) is 5.69 Å². The monoisotopic (exact) mass is 230 g/mol. The summed E-state index contributed by atoms with van der Waals surface area (Å²) in [5.41, 5.74) is 0.957. The number of nitrogens with zero attached hydrogens (tertiary/aromatic N) is 4. The van der Waals surface area contributed by atoms with Gasteiger partial charge in [-0.05, 0) is 18.9 Å². The molecule has 2 aromatic heterocycles. The quantitative estimate of drug-likeness (QED) is 0.857. The highest BCUT2D eigenvalue weighted by Crippen LogP contribution is 2.38. The molecule has 1 aliphatic rings. The van der Waals surface area contributed by atoms with E-state index in [2.05, 4.69) is 15.1 Å². The highest BCUT2D eigenvalue weighted by Gasteiger charge is 2.26. The molecule has 0 unspecified atom stereocenters. The molecule has 3 rings (SSSR count). The van der Waals surface area contributed by atoms with Gasteiger partial charge in [-0.1, -0.05) is 0 Å². The van der Waals surface area contributed by atoms with Gasteiger partial charge in [-0.15, -0.1) is 0 Å². The number of carboxylic acids is 1. The highest BCUT2D eigenvalue weighted by molar-refractivity contribution is 5.85. The summed E-state index contributed by atoms with van der Waals surface area (Å²) in [5.74, 6) is -0.0995. The molecule has 86 valence electrons. The summed E-state index contributed by atoms with van der Waals surface area (Å²) in [4.78, 5) is 18.6. The van der Waals surface area contributed by atoms with Crippen molar-refractivity contribution in [3.05, 3.63) is 36.0 Å². The van der Waals surface area contributed by atoms with Crippen molar-refractivity contribution in [3.8, 4) is 5.82 Å². The lowest BCUT2D eigenvalue weighted by Gasteiger charge is -2.00. The molecule has 1 aliphatic carbocycles. The molecule has 0 aliphatic heterocycles. The van der Waals surface area contributed by atoms with Gasteiger partial charge in [0.05, 0.1) is 18.1 Å². The Hall–Kier alpha value is -2.24. The van der Waals surface area contributed by atoms with Crippen LogP contribution in [-0.2, 0) is 0 Å². The zero-order valence-corrected chi connectivity index (χ0v) is 8.95. The third-order valence-electron chi connectivity index (χ3n) is 2.68. The van der Waals surface area contributed by atoms with Crippen LogP contribution in [-0.4, -0.2) is 30.8 Å². The fraction of sp³-hybridized carbons (Fsp3) is 0.273. The number of carbonyl (C=O) groups is 1. The fourth-order valence-electron chi connectivity index (χ4n) is 1.63. The maximum atomic E-state index is 10.8. The van der Waals surface area contributed by atoms with E-state index in [0.29, 0.717) is 11.7 Å². The topological polar surface area (TPSA) is 80.9 Å². The zero-order chi connectivity index (χ0) is 11.8. The third-order valence-corrected chi connectivity index (χ3v) is 2.68. The Labute approximate surface area is 96.9 Å². The molecule has 17 heavy (non-hydrogen) atoms. The van der Waals surface area contributed by atoms with Gasteiger partial charge >= 0.3 is 5.97 Å². The number of hydrogen-bond donors (Lipinski definition) is 1. The molecule has 1 saturated carbocycles. The van der Waals surface area contributed by atoms with Crippen molar-refractivity contribution in [1.82, 2.24) is 19.7 Å². The van der Waals surface area contributed by atoms with E-state index in [9.17, 15) is 4.79 Å². The van der Waals surface area contributed by atoms with Gasteiger partial charge in [-0.25, -0.2) is 14.5 Å². The standard InChI is InChI=1S/C11H10N4O2/c16-11(17)9-5-12-6-10(13-9)15-4-3-8(14-15)7-1-2-7/h3-7H,1-2H2,(H,16,17). The highest BCUT2D eigenvalue weighted by atomic mass is 16.4. The summed E-state index contributed by atoms with van der Waals surface area (Å²) in [5, 5.41) is 13.2. The van der Waals surface area contributed by atoms with E-state index in [0.717, 1.165) is 5.69 Å². The van der Waals surface area contributed by atoms with Gasteiger partial charge in [-0.2, -0.15) is 5.10 Å². The zero-order valence-electron chi connectivity index (χ0n) is 8.95. The minimum atomic E-state index is -1.09. The molecule has 0 aromatic carbocycles. The van der Waals surface area contributed by atoms with Crippen molar-refractivity contribution in [2.75, 3.05) is 0 Å². The van der Waals surface area contributed by atoms with Gasteiger partial charge < -0.3 is 5.11 Å². The molecule has 0 radical (unpaired) electrons. The molecule has 1 N–H and O–H groups in total. The summed E-state index contributed by atoms with van der Waals surface area (Å²) < 4.78 is 1.56. The Bertz CT molecular complexity index is 574. The van der Waals surface area contributed by atoms with Crippen LogP contribution in [0.15, 0.2) is 24.7 Å². The Balaban J connectivity index is 1.96. The molecule has 2 heterocycles. The predicted octanol–water partition coefficient (Wildman–Crippen LogP) is 1.24. The molecule has 0 bridgehead atoms. The van der Waals surface area contributed by atoms with Crippen molar-refractivity contribution in [2.24, 2.45) is 0 Å². The van der Waals surface area contributed by atoms with Crippen LogP contribution in [0.1, 0.15) is 34.9 Å². The normalized spacial score (nSPS) is 14.8. The van der Waals surface area contributed by atoms with E-state index in [1.807, 2.05) is 6.07 Å². The van der Waals surface area contributed by atoms with E-state index >= 15 is 0 Å². The smallest absolute Gasteiger partial charge is 0.356 e. The second-order valence-corrected chi connectivity index (χ2v) is 4.03. The summed E-state index contributed by atoms with van der Waals surface area (Å²) in [6.45, 7) is 0. The van der Waals surface area contributed by atoms with E-state index in [1.54, 1.807) is 10.9 Å². The van der Waals surface area contributed by atoms with Gasteiger partial charge in [0.1, 0.15) is 0 Å². The fourth-order valence-corrected chi connectivity index (χ4v) is 1.63. The van der Waals surface area contributed by atoms with Crippen molar-refractivity contribution in [1.29, 1.82) is 0 Å². The van der Waals surface area contributed by atoms with Gasteiger partial charge in [-0.3, -0.25) is 4.98 Å². The molecule has 1 fully saturated rings. The van der Waals surface area contributed by atoms with Gasteiger partial charge in [0, 0.05) is 12.1 Å². The lowest BCUT2D eigenvalue weighted by molar-refractivity contribution is 0.0690. The first-order chi connectivity index (χ1) is 8.24. The largest absolute Gasteiger partial charge is 0.476 e. The average Bonchev–Trinajstić information content (AvgIpc) is 3.07. The number of aromatic nitrogens is 4. The van der Waals surface area contributed by atoms with Crippen LogP contribution >= 0.6 is 0 Å². The second kappa shape index (κ2) is 3.65. The van der Waals surface area contributed by atoms with Crippen molar-refractivity contribution >= 4 is 5.97 Å². The SMILES string of the molecule is O=C(O)c1cncc(-n2ccc(C3CC3)n2)n1. The predicted molar refractivity (Wildman–Crippen MR) is 58.1 cm³/mol. The Morgan fingerprint density at radius 3 is 2.94 bits per heavy atom. The van der Waals surface area contributed by atoms with Gasteiger partial charge in [0.25, 0.3) is 0 Å². The third kappa shape index (κ3) is 1.89. The van der Waals surface area contributed by atoms with Crippen LogP contribution in [0.3, 0.4) is 0 Å². The molecule has 6 nitrogen and oxygen atoms in total. The first-order valence-electron chi connectivity index (χ1n) is 5.35. The van der Waals surface area contributed by atoms with Crippen molar-refractivity contribution < 1.29 is 9.90 Å². The number of hydrogen-bond acceptors (Lipinski definition) is 4. The number of carboxylic acid groups (broad SMARTS) is 1. The van der Waals surface area contributed by atoms with Gasteiger partial charge in [0.15, 0.2) is 11.5 Å². The van der Waals surface area contributed by atoms with Crippen molar-refractivity contribution in [3.63, 3.8) is 0 Å². The lowest BCUT2D eigenvalue weighted by atomic mass is 10.3. The summed E-state index contributed by atoms with van der Waals surface area (Å²) in [7, 11) is 0. The number of aromatic carboxylic acids is 1. The summed E-state index contributed by atoms with van der Waals surface area (Å²) >= 11 is 0. The Morgan fingerprint density at radius 1 is 1.41 bits per heavy atom. The summed E-state index contributed by atoms with van der Waals surface area (Å²) in [6.07, 6.45) is 6.85. The summed E-state index contributed by atoms with van der Waals surface area (Å²) in [6, 6.07) is 1.94. The van der Waals surface area contributed by atoms with Crippen LogP contribution in [0.2, 0.25) is 0 Å². The maximum absolute atomic E-state index is 10.8. The molecule has 2 aromatic rings. The van der Waals surface area contributed by atoms with Crippen LogP contribution in [0.25, 0.3) is 5.82 Å². The molecule has 0 spiro atoms. The Morgan fingerprint density at radius 2 is 2.24 bits per heavy atom. The lowest BCUT2D eigenvalue weighted by Crippen LogP contribution is -2.06. The number of rotatable bonds is 3. The molecular formula is C11H10N4O2. The van der Waals surface area contributed by atoms with E-state index < -0.39 is 5.97 Å². The maximum Gasteiger partial charge on any atom is 0.356 e. The van der Waals surface area contributed by atoms with Crippen LogP contribution in [0.4, 0.5) is 0 Å². The first kappa shape index (κ1) is 9.95.